The standard InChI is InChI=1S/C35H68O13/c1-3-5-6-7-8-9-10-11-12-13-34(36)48-33-32-46-31-30-45-29-28-44-27-26-43-25-24-42-23-22-41-21-20-40-19-18-39-17-16-38-15-14-35(37)47-4-2/h3-33H2,1-2H3. The van der Waals surface area contributed by atoms with Gasteiger partial charge in [0.1, 0.15) is 6.61 Å². The zero-order chi connectivity index (χ0) is 34.9. The highest BCUT2D eigenvalue weighted by Gasteiger charge is 2.03. The van der Waals surface area contributed by atoms with Crippen molar-refractivity contribution in [2.45, 2.75) is 84.5 Å². The second kappa shape index (κ2) is 41.7. The van der Waals surface area contributed by atoms with Crippen LogP contribution < -0.4 is 0 Å². The van der Waals surface area contributed by atoms with Crippen molar-refractivity contribution in [3.8, 4) is 0 Å². The second-order valence-electron chi connectivity index (χ2n) is 10.9. The highest BCUT2D eigenvalue weighted by molar-refractivity contribution is 5.69. The molecule has 0 atom stereocenters. The molecular formula is C35H68O13. The van der Waals surface area contributed by atoms with Crippen LogP contribution in [0.15, 0.2) is 0 Å². The third kappa shape index (κ3) is 40.8. The number of hydrogen-bond acceptors (Lipinski definition) is 13. The summed E-state index contributed by atoms with van der Waals surface area (Å²) in [6, 6.07) is 0. The molecule has 0 aromatic carbocycles. The molecule has 0 aliphatic rings. The Bertz CT molecular complexity index is 654. The first-order chi connectivity index (χ1) is 23.7. The molecule has 0 aliphatic carbocycles. The van der Waals surface area contributed by atoms with E-state index in [-0.39, 0.29) is 25.0 Å². The van der Waals surface area contributed by atoms with E-state index in [1.54, 1.807) is 6.92 Å². The fraction of sp³-hybridized carbons (Fsp3) is 0.943. The number of hydrogen-bond donors (Lipinski definition) is 0. The fourth-order valence-corrected chi connectivity index (χ4v) is 4.12. The Hall–Kier alpha value is -1.42. The van der Waals surface area contributed by atoms with E-state index in [1.165, 1.54) is 44.9 Å². The Labute approximate surface area is 290 Å². The van der Waals surface area contributed by atoms with Gasteiger partial charge in [-0.1, -0.05) is 58.3 Å². The summed E-state index contributed by atoms with van der Waals surface area (Å²) in [4.78, 5) is 22.9. The zero-order valence-corrected chi connectivity index (χ0v) is 30.2. The van der Waals surface area contributed by atoms with Crippen LogP contribution in [0, 0.1) is 0 Å². The third-order valence-electron chi connectivity index (χ3n) is 6.71. The lowest BCUT2D eigenvalue weighted by Crippen LogP contribution is -2.15. The molecule has 0 unspecified atom stereocenters. The van der Waals surface area contributed by atoms with Crippen molar-refractivity contribution >= 4 is 11.9 Å². The van der Waals surface area contributed by atoms with E-state index in [0.29, 0.717) is 132 Å². The maximum absolute atomic E-state index is 11.8. The molecule has 0 amide bonds. The van der Waals surface area contributed by atoms with E-state index in [0.717, 1.165) is 12.8 Å². The smallest absolute Gasteiger partial charge is 0.308 e. The van der Waals surface area contributed by atoms with Crippen LogP contribution in [0.25, 0.3) is 0 Å². The molecule has 48 heavy (non-hydrogen) atoms. The molecule has 0 aromatic rings. The van der Waals surface area contributed by atoms with Gasteiger partial charge in [-0.25, -0.2) is 0 Å². The number of unbranched alkanes of at least 4 members (excludes halogenated alkanes) is 8. The van der Waals surface area contributed by atoms with E-state index in [9.17, 15) is 9.59 Å². The first-order valence-corrected chi connectivity index (χ1v) is 18.2. The number of rotatable bonds is 41. The van der Waals surface area contributed by atoms with Crippen LogP contribution in [-0.2, 0) is 61.7 Å². The van der Waals surface area contributed by atoms with Gasteiger partial charge >= 0.3 is 11.9 Å². The largest absolute Gasteiger partial charge is 0.466 e. The highest BCUT2D eigenvalue weighted by atomic mass is 16.6. The van der Waals surface area contributed by atoms with Gasteiger partial charge in [-0.05, 0) is 13.3 Å². The molecule has 0 N–H and O–H groups in total. The molecular weight excluding hydrogens is 628 g/mol. The lowest BCUT2D eigenvalue weighted by molar-refractivity contribution is -0.146. The normalized spacial score (nSPS) is 11.3. The van der Waals surface area contributed by atoms with Crippen molar-refractivity contribution in [2.24, 2.45) is 0 Å². The Kier molecular flexibility index (Phi) is 40.5. The zero-order valence-electron chi connectivity index (χ0n) is 30.2. The predicted molar refractivity (Wildman–Crippen MR) is 181 cm³/mol. The van der Waals surface area contributed by atoms with E-state index in [1.807, 2.05) is 0 Å². The quantitative estimate of drug-likeness (QED) is 0.0654. The van der Waals surface area contributed by atoms with Gasteiger partial charge in [0, 0.05) is 6.42 Å². The van der Waals surface area contributed by atoms with Crippen LogP contribution in [-0.4, -0.2) is 144 Å². The van der Waals surface area contributed by atoms with Crippen molar-refractivity contribution in [1.82, 2.24) is 0 Å². The number of carbonyl (C=O) groups is 2. The Morgan fingerprint density at radius 3 is 0.958 bits per heavy atom. The number of ether oxygens (including phenoxy) is 11. The maximum Gasteiger partial charge on any atom is 0.308 e. The minimum Gasteiger partial charge on any atom is -0.466 e. The van der Waals surface area contributed by atoms with Crippen molar-refractivity contribution in [3.63, 3.8) is 0 Å². The van der Waals surface area contributed by atoms with Gasteiger partial charge in [0.25, 0.3) is 0 Å². The molecule has 0 fully saturated rings. The lowest BCUT2D eigenvalue weighted by Gasteiger charge is -2.09. The lowest BCUT2D eigenvalue weighted by atomic mass is 10.1. The summed E-state index contributed by atoms with van der Waals surface area (Å²) < 4.78 is 58.9. The summed E-state index contributed by atoms with van der Waals surface area (Å²) >= 11 is 0. The average molecular weight is 697 g/mol. The van der Waals surface area contributed by atoms with Crippen molar-refractivity contribution in [1.29, 1.82) is 0 Å². The summed E-state index contributed by atoms with van der Waals surface area (Å²) in [5.74, 6) is -0.391. The van der Waals surface area contributed by atoms with Crippen LogP contribution in [0.3, 0.4) is 0 Å². The number of carbonyl (C=O) groups excluding carboxylic acids is 2. The molecule has 0 heterocycles. The molecule has 0 aromatic heterocycles. The third-order valence-corrected chi connectivity index (χ3v) is 6.71. The van der Waals surface area contributed by atoms with E-state index < -0.39 is 0 Å². The van der Waals surface area contributed by atoms with Crippen molar-refractivity contribution < 1.29 is 61.7 Å². The van der Waals surface area contributed by atoms with Crippen LogP contribution in [0.1, 0.15) is 84.5 Å². The van der Waals surface area contributed by atoms with Gasteiger partial charge in [0.15, 0.2) is 0 Å². The van der Waals surface area contributed by atoms with Gasteiger partial charge < -0.3 is 52.1 Å². The van der Waals surface area contributed by atoms with Gasteiger partial charge in [-0.3, -0.25) is 9.59 Å². The maximum atomic E-state index is 11.8. The average Bonchev–Trinajstić information content (AvgIpc) is 3.08. The van der Waals surface area contributed by atoms with Gasteiger partial charge in [0.05, 0.1) is 132 Å². The molecule has 0 saturated carbocycles. The van der Waals surface area contributed by atoms with E-state index in [2.05, 4.69) is 6.92 Å². The number of esters is 2. The monoisotopic (exact) mass is 696 g/mol. The fourth-order valence-electron chi connectivity index (χ4n) is 4.12. The molecule has 0 rings (SSSR count). The molecule has 0 radical (unpaired) electrons. The summed E-state index contributed by atoms with van der Waals surface area (Å²) in [6.07, 6.45) is 11.8. The van der Waals surface area contributed by atoms with E-state index >= 15 is 0 Å². The van der Waals surface area contributed by atoms with Crippen LogP contribution in [0.5, 0.6) is 0 Å². The highest BCUT2D eigenvalue weighted by Crippen LogP contribution is 2.10. The predicted octanol–water partition coefficient (Wildman–Crippen LogP) is 4.55. The SMILES string of the molecule is CCCCCCCCCCCC(=O)OCCOCCOCCOCCOCCOCCOCCOCCOCCOCCC(=O)OCC. The Morgan fingerprint density at radius 1 is 0.312 bits per heavy atom. The molecule has 0 saturated heterocycles. The summed E-state index contributed by atoms with van der Waals surface area (Å²) in [6.45, 7) is 13.0. The molecule has 13 heteroatoms. The minimum absolute atomic E-state index is 0.140. The second-order valence-corrected chi connectivity index (χ2v) is 10.9. The van der Waals surface area contributed by atoms with Gasteiger partial charge in [-0.15, -0.1) is 0 Å². The minimum atomic E-state index is -0.252. The van der Waals surface area contributed by atoms with Crippen molar-refractivity contribution in [2.75, 3.05) is 132 Å². The van der Waals surface area contributed by atoms with Crippen LogP contribution in [0.2, 0.25) is 0 Å². The molecule has 0 aliphatic heterocycles. The Balaban J connectivity index is 3.12. The van der Waals surface area contributed by atoms with Crippen LogP contribution >= 0.6 is 0 Å². The molecule has 13 nitrogen and oxygen atoms in total. The molecule has 286 valence electrons. The van der Waals surface area contributed by atoms with Gasteiger partial charge in [-0.2, -0.15) is 0 Å². The summed E-state index contributed by atoms with van der Waals surface area (Å²) in [7, 11) is 0. The van der Waals surface area contributed by atoms with Crippen LogP contribution in [0.4, 0.5) is 0 Å². The van der Waals surface area contributed by atoms with E-state index in [4.69, 9.17) is 52.1 Å². The first-order valence-electron chi connectivity index (χ1n) is 18.2. The Morgan fingerprint density at radius 2 is 0.604 bits per heavy atom. The summed E-state index contributed by atoms with van der Waals surface area (Å²) in [5.41, 5.74) is 0. The summed E-state index contributed by atoms with van der Waals surface area (Å²) in [5, 5.41) is 0. The van der Waals surface area contributed by atoms with Gasteiger partial charge in [0.2, 0.25) is 0 Å². The first kappa shape index (κ1) is 46.6. The van der Waals surface area contributed by atoms with Crippen molar-refractivity contribution in [3.05, 3.63) is 0 Å². The molecule has 0 spiro atoms. The molecule has 0 bridgehead atoms. The topological polar surface area (TPSA) is 136 Å².